The smallest absolute Gasteiger partial charge is 0.471 e. The van der Waals surface area contributed by atoms with Crippen LogP contribution in [0.15, 0.2) is 43.0 Å². The Morgan fingerprint density at radius 2 is 1.80 bits per heavy atom. The molecule has 1 rings (SSSR count). The molecule has 0 bridgehead atoms. The number of hydrogen-bond acceptors (Lipinski definition) is 3. The number of carboxylic acids is 1. The maximum Gasteiger partial charge on any atom is 0.471 e. The van der Waals surface area contributed by atoms with Gasteiger partial charge in [0, 0.05) is 5.92 Å². The molecule has 0 aliphatic heterocycles. The van der Waals surface area contributed by atoms with Crippen LogP contribution in [-0.2, 0) is 9.59 Å². The van der Waals surface area contributed by atoms with Gasteiger partial charge in [0.25, 0.3) is 0 Å². The predicted molar refractivity (Wildman–Crippen MR) is 62.4 cm³/mol. The third-order valence-electron chi connectivity index (χ3n) is 2.60. The van der Waals surface area contributed by atoms with E-state index in [-0.39, 0.29) is 0 Å². The molecule has 0 unspecified atom stereocenters. The fraction of sp³-hybridized carbons (Fsp3) is 0.231. The van der Waals surface area contributed by atoms with Gasteiger partial charge in [0.15, 0.2) is 0 Å². The van der Waals surface area contributed by atoms with Crippen molar-refractivity contribution in [3.8, 4) is 0 Å². The zero-order chi connectivity index (χ0) is 15.3. The number of carboxylic acid groups (broad SMARTS) is 1. The second-order valence-corrected chi connectivity index (χ2v) is 3.94. The van der Waals surface area contributed by atoms with Crippen molar-refractivity contribution in [3.05, 3.63) is 48.6 Å². The lowest BCUT2D eigenvalue weighted by Gasteiger charge is -2.27. The Kier molecular flexibility index (Phi) is 4.90. The van der Waals surface area contributed by atoms with Gasteiger partial charge in [-0.05, 0) is 5.56 Å². The molecule has 1 aromatic carbocycles. The number of benzene rings is 1. The van der Waals surface area contributed by atoms with Gasteiger partial charge in [0.05, 0.1) is 12.0 Å². The first kappa shape index (κ1) is 15.7. The van der Waals surface area contributed by atoms with E-state index in [1.165, 1.54) is 17.4 Å². The summed E-state index contributed by atoms with van der Waals surface area (Å²) in [7, 11) is 0. The van der Waals surface area contributed by atoms with Crippen molar-refractivity contribution in [1.82, 2.24) is 5.32 Å². The summed E-state index contributed by atoms with van der Waals surface area (Å²) in [6.45, 7) is 3.39. The lowest BCUT2D eigenvalue weighted by atomic mass is 9.91. The predicted octanol–water partition coefficient (Wildman–Crippen LogP) is 0.753. The van der Waals surface area contributed by atoms with Gasteiger partial charge in [-0.3, -0.25) is 4.79 Å². The molecule has 1 amide bonds. The SMILES string of the molecule is C=C[C@@H](c1ccccc1)[C@H](NC(=O)C(F)(F)F)C(=O)[O-]. The van der Waals surface area contributed by atoms with Crippen molar-refractivity contribution in [2.45, 2.75) is 18.1 Å². The fourth-order valence-corrected chi connectivity index (χ4v) is 1.66. The zero-order valence-electron chi connectivity index (χ0n) is 10.2. The van der Waals surface area contributed by atoms with Gasteiger partial charge >= 0.3 is 12.1 Å². The number of aliphatic carboxylic acids is 1. The number of amides is 1. The number of carbonyl (C=O) groups excluding carboxylic acids is 2. The molecular formula is C13H11F3NO3-. The molecule has 108 valence electrons. The van der Waals surface area contributed by atoms with E-state index in [4.69, 9.17) is 0 Å². The highest BCUT2D eigenvalue weighted by molar-refractivity contribution is 5.87. The number of rotatable bonds is 5. The molecule has 20 heavy (non-hydrogen) atoms. The Morgan fingerprint density at radius 3 is 2.20 bits per heavy atom. The molecule has 0 heterocycles. The molecule has 0 aliphatic carbocycles. The molecule has 1 aromatic rings. The van der Waals surface area contributed by atoms with E-state index in [0.29, 0.717) is 5.56 Å². The standard InChI is InChI=1S/C13H12F3NO3/c1-2-9(8-6-4-3-5-7-8)10(11(18)19)17-12(20)13(14,15)16/h2-7,9-10H,1H2,(H,17,20)(H,18,19)/p-1/t9-,10-/m0/s1. The van der Waals surface area contributed by atoms with Gasteiger partial charge in [-0.1, -0.05) is 36.4 Å². The first-order chi connectivity index (χ1) is 9.27. The van der Waals surface area contributed by atoms with Crippen LogP contribution in [0, 0.1) is 0 Å². The molecule has 0 radical (unpaired) electrons. The second kappa shape index (κ2) is 6.23. The topological polar surface area (TPSA) is 69.2 Å². The summed E-state index contributed by atoms with van der Waals surface area (Å²) >= 11 is 0. The summed E-state index contributed by atoms with van der Waals surface area (Å²) in [5, 5.41) is 12.4. The molecule has 0 fully saturated rings. The van der Waals surface area contributed by atoms with Crippen LogP contribution < -0.4 is 10.4 Å². The van der Waals surface area contributed by atoms with E-state index in [1.54, 1.807) is 18.2 Å². The van der Waals surface area contributed by atoms with E-state index in [0.717, 1.165) is 6.08 Å². The van der Waals surface area contributed by atoms with Crippen molar-refractivity contribution >= 4 is 11.9 Å². The lowest BCUT2D eigenvalue weighted by molar-refractivity contribution is -0.308. The number of halogens is 3. The highest BCUT2D eigenvalue weighted by atomic mass is 19.4. The molecule has 4 nitrogen and oxygen atoms in total. The summed E-state index contributed by atoms with van der Waals surface area (Å²) in [6.07, 6.45) is -4.03. The Hall–Kier alpha value is -2.31. The van der Waals surface area contributed by atoms with Crippen LogP contribution >= 0.6 is 0 Å². The average Bonchev–Trinajstić information content (AvgIpc) is 2.38. The first-order valence-electron chi connectivity index (χ1n) is 5.53. The highest BCUT2D eigenvalue weighted by Gasteiger charge is 2.41. The number of alkyl halides is 3. The van der Waals surface area contributed by atoms with Crippen molar-refractivity contribution < 1.29 is 27.9 Å². The Bertz CT molecular complexity index is 499. The van der Waals surface area contributed by atoms with Crippen molar-refractivity contribution in [1.29, 1.82) is 0 Å². The molecular weight excluding hydrogens is 275 g/mol. The zero-order valence-corrected chi connectivity index (χ0v) is 10.2. The maximum absolute atomic E-state index is 12.2. The summed E-state index contributed by atoms with van der Waals surface area (Å²) in [4.78, 5) is 21.9. The van der Waals surface area contributed by atoms with Gasteiger partial charge in [-0.15, -0.1) is 6.58 Å². The minimum atomic E-state index is -5.17. The largest absolute Gasteiger partial charge is 0.548 e. The third-order valence-corrected chi connectivity index (χ3v) is 2.60. The number of hydrogen-bond donors (Lipinski definition) is 1. The van der Waals surface area contributed by atoms with Crippen molar-refractivity contribution in [2.75, 3.05) is 0 Å². The normalized spacial score (nSPS) is 14.2. The van der Waals surface area contributed by atoms with Crippen LogP contribution in [-0.4, -0.2) is 24.1 Å². The molecule has 0 aliphatic rings. The van der Waals surface area contributed by atoms with Gasteiger partial charge in [0.1, 0.15) is 0 Å². The van der Waals surface area contributed by atoms with Crippen molar-refractivity contribution in [2.24, 2.45) is 0 Å². The summed E-state index contributed by atoms with van der Waals surface area (Å²) in [5.74, 6) is -5.20. The van der Waals surface area contributed by atoms with Gasteiger partial charge < -0.3 is 15.2 Å². The van der Waals surface area contributed by atoms with Gasteiger partial charge in [0.2, 0.25) is 0 Å². The first-order valence-corrected chi connectivity index (χ1v) is 5.53. The minimum Gasteiger partial charge on any atom is -0.548 e. The van der Waals surface area contributed by atoms with E-state index in [1.807, 2.05) is 0 Å². The highest BCUT2D eigenvalue weighted by Crippen LogP contribution is 2.22. The van der Waals surface area contributed by atoms with Crippen LogP contribution in [0.3, 0.4) is 0 Å². The van der Waals surface area contributed by atoms with Crippen LogP contribution in [0.5, 0.6) is 0 Å². The maximum atomic E-state index is 12.2. The monoisotopic (exact) mass is 286 g/mol. The molecule has 0 saturated carbocycles. The van der Waals surface area contributed by atoms with E-state index < -0.39 is 30.0 Å². The number of carbonyl (C=O) groups is 2. The van der Waals surface area contributed by atoms with Gasteiger partial charge in [-0.2, -0.15) is 13.2 Å². The summed E-state index contributed by atoms with van der Waals surface area (Å²) in [5.41, 5.74) is 0.402. The molecule has 0 spiro atoms. The Labute approximate surface area is 112 Å². The molecule has 2 atom stereocenters. The minimum absolute atomic E-state index is 0.402. The van der Waals surface area contributed by atoms with E-state index in [9.17, 15) is 27.9 Å². The summed E-state index contributed by atoms with van der Waals surface area (Å²) in [6, 6.07) is 6.01. The molecule has 0 saturated heterocycles. The van der Waals surface area contributed by atoms with Crippen LogP contribution in [0.4, 0.5) is 13.2 Å². The third kappa shape index (κ3) is 3.84. The lowest BCUT2D eigenvalue weighted by Crippen LogP contribution is -2.53. The van der Waals surface area contributed by atoms with E-state index in [2.05, 4.69) is 6.58 Å². The molecule has 1 N–H and O–H groups in total. The van der Waals surface area contributed by atoms with E-state index >= 15 is 0 Å². The Balaban J connectivity index is 3.03. The quantitative estimate of drug-likeness (QED) is 0.812. The van der Waals surface area contributed by atoms with Crippen LogP contribution in [0.1, 0.15) is 11.5 Å². The fourth-order valence-electron chi connectivity index (χ4n) is 1.66. The summed E-state index contributed by atoms with van der Waals surface area (Å²) < 4.78 is 36.6. The van der Waals surface area contributed by atoms with Gasteiger partial charge in [-0.25, -0.2) is 0 Å². The average molecular weight is 286 g/mol. The molecule has 0 aromatic heterocycles. The van der Waals surface area contributed by atoms with Crippen LogP contribution in [0.2, 0.25) is 0 Å². The number of nitrogens with one attached hydrogen (secondary N) is 1. The van der Waals surface area contributed by atoms with Crippen LogP contribution in [0.25, 0.3) is 0 Å². The van der Waals surface area contributed by atoms with Crippen molar-refractivity contribution in [3.63, 3.8) is 0 Å². The molecule has 7 heteroatoms. The Morgan fingerprint density at radius 1 is 1.25 bits per heavy atom. The second-order valence-electron chi connectivity index (χ2n) is 3.94.